The number of rotatable bonds is 4. The van der Waals surface area contributed by atoms with Crippen LogP contribution >= 0.6 is 12.4 Å². The molecule has 1 rings (SSSR count). The molecule has 1 aromatic carbocycles. The van der Waals surface area contributed by atoms with Crippen LogP contribution < -0.4 is 10.5 Å². The van der Waals surface area contributed by atoms with Gasteiger partial charge in [0.1, 0.15) is 11.6 Å². The van der Waals surface area contributed by atoms with E-state index in [0.717, 1.165) is 6.42 Å². The molecule has 2 N–H and O–H groups in total. The van der Waals surface area contributed by atoms with Crippen molar-refractivity contribution in [3.05, 3.63) is 29.6 Å². The lowest BCUT2D eigenvalue weighted by Crippen LogP contribution is -2.14. The van der Waals surface area contributed by atoms with Crippen molar-refractivity contribution in [2.45, 2.75) is 26.3 Å². The molecule has 0 aliphatic rings. The summed E-state index contributed by atoms with van der Waals surface area (Å²) in [6.07, 6.45) is 0.768. The average Bonchev–Trinajstić information content (AvgIpc) is 2.17. The van der Waals surface area contributed by atoms with Crippen LogP contribution in [-0.4, -0.2) is 7.11 Å². The van der Waals surface area contributed by atoms with Gasteiger partial charge in [-0.15, -0.1) is 12.4 Å². The van der Waals surface area contributed by atoms with Gasteiger partial charge in [0.25, 0.3) is 0 Å². The molecular weight excluding hydrogens is 229 g/mol. The largest absolute Gasteiger partial charge is 0.497 e. The van der Waals surface area contributed by atoms with Crippen LogP contribution in [0.2, 0.25) is 0 Å². The minimum Gasteiger partial charge on any atom is -0.497 e. The van der Waals surface area contributed by atoms with Crippen LogP contribution in [0.4, 0.5) is 4.39 Å². The molecule has 16 heavy (non-hydrogen) atoms. The fraction of sp³-hybridized carbons (Fsp3) is 0.500. The maximum atomic E-state index is 13.5. The van der Waals surface area contributed by atoms with Gasteiger partial charge >= 0.3 is 0 Å². The molecule has 1 atom stereocenters. The van der Waals surface area contributed by atoms with E-state index in [1.807, 2.05) is 0 Å². The van der Waals surface area contributed by atoms with E-state index in [4.69, 9.17) is 10.5 Å². The lowest BCUT2D eigenvalue weighted by atomic mass is 9.97. The Morgan fingerprint density at radius 2 is 2.00 bits per heavy atom. The number of methoxy groups -OCH3 is 1. The Kier molecular flexibility index (Phi) is 6.38. The van der Waals surface area contributed by atoms with Gasteiger partial charge in [-0.05, 0) is 30.5 Å². The second-order valence-corrected chi connectivity index (χ2v) is 4.12. The van der Waals surface area contributed by atoms with E-state index in [2.05, 4.69) is 13.8 Å². The summed E-state index contributed by atoms with van der Waals surface area (Å²) in [6.45, 7) is 4.13. The summed E-state index contributed by atoms with van der Waals surface area (Å²) in [5.74, 6) is 0.833. The van der Waals surface area contributed by atoms with Gasteiger partial charge in [0.15, 0.2) is 0 Å². The first kappa shape index (κ1) is 15.2. The molecule has 0 saturated carbocycles. The van der Waals surface area contributed by atoms with Crippen molar-refractivity contribution in [2.24, 2.45) is 11.7 Å². The van der Waals surface area contributed by atoms with Crippen molar-refractivity contribution < 1.29 is 9.13 Å². The van der Waals surface area contributed by atoms with Crippen LogP contribution in [0.1, 0.15) is 31.9 Å². The number of hydrogen-bond donors (Lipinski definition) is 1. The zero-order chi connectivity index (χ0) is 11.4. The van der Waals surface area contributed by atoms with E-state index in [1.165, 1.54) is 6.07 Å². The van der Waals surface area contributed by atoms with Crippen molar-refractivity contribution in [1.29, 1.82) is 0 Å². The van der Waals surface area contributed by atoms with Crippen molar-refractivity contribution in [2.75, 3.05) is 7.11 Å². The fourth-order valence-electron chi connectivity index (χ4n) is 1.57. The molecule has 0 spiro atoms. The molecule has 0 fully saturated rings. The van der Waals surface area contributed by atoms with Crippen molar-refractivity contribution in [3.8, 4) is 5.75 Å². The van der Waals surface area contributed by atoms with Crippen LogP contribution in [0.25, 0.3) is 0 Å². The number of ether oxygens (including phenoxy) is 1. The number of halogens is 2. The molecule has 0 unspecified atom stereocenters. The highest BCUT2D eigenvalue weighted by atomic mass is 35.5. The second kappa shape index (κ2) is 6.71. The van der Waals surface area contributed by atoms with E-state index < -0.39 is 0 Å². The first-order valence-electron chi connectivity index (χ1n) is 5.13. The van der Waals surface area contributed by atoms with Crippen molar-refractivity contribution in [1.82, 2.24) is 0 Å². The molecule has 0 aliphatic carbocycles. The zero-order valence-electron chi connectivity index (χ0n) is 9.87. The Hall–Kier alpha value is -0.800. The predicted octanol–water partition coefficient (Wildman–Crippen LogP) is 3.30. The molecule has 0 aliphatic heterocycles. The normalized spacial score (nSPS) is 12.1. The highest BCUT2D eigenvalue weighted by Crippen LogP contribution is 2.25. The predicted molar refractivity (Wildman–Crippen MR) is 66.6 cm³/mol. The number of benzene rings is 1. The molecular formula is C12H19ClFNO. The monoisotopic (exact) mass is 247 g/mol. The first-order chi connectivity index (χ1) is 7.04. The third kappa shape index (κ3) is 3.99. The van der Waals surface area contributed by atoms with Gasteiger partial charge in [-0.2, -0.15) is 0 Å². The van der Waals surface area contributed by atoms with Crippen LogP contribution in [0, 0.1) is 11.7 Å². The third-order valence-electron chi connectivity index (χ3n) is 2.33. The Bertz CT molecular complexity index is 331. The Balaban J connectivity index is 0.00000225. The Labute approximate surface area is 102 Å². The molecule has 0 heterocycles. The summed E-state index contributed by atoms with van der Waals surface area (Å²) >= 11 is 0. The maximum absolute atomic E-state index is 13.5. The molecule has 0 aromatic heterocycles. The zero-order valence-corrected chi connectivity index (χ0v) is 10.7. The van der Waals surface area contributed by atoms with Gasteiger partial charge in [0.2, 0.25) is 0 Å². The van der Waals surface area contributed by atoms with Crippen LogP contribution in [0.15, 0.2) is 18.2 Å². The smallest absolute Gasteiger partial charge is 0.128 e. The standard InChI is InChI=1S/C12H18FNO.ClH/c1-8(2)6-12(14)10-7-9(15-3)4-5-11(10)13;/h4-5,7-8,12H,6,14H2,1-3H3;1H/t12-;/m0./s1. The van der Waals surface area contributed by atoms with Gasteiger partial charge in [0, 0.05) is 11.6 Å². The summed E-state index contributed by atoms with van der Waals surface area (Å²) in [7, 11) is 1.56. The van der Waals surface area contributed by atoms with Gasteiger partial charge in [-0.3, -0.25) is 0 Å². The van der Waals surface area contributed by atoms with Crippen molar-refractivity contribution >= 4 is 12.4 Å². The minimum absolute atomic E-state index is 0. The summed E-state index contributed by atoms with van der Waals surface area (Å²) in [6, 6.07) is 4.40. The Morgan fingerprint density at radius 3 is 2.50 bits per heavy atom. The van der Waals surface area contributed by atoms with E-state index >= 15 is 0 Å². The van der Waals surface area contributed by atoms with Crippen LogP contribution in [-0.2, 0) is 0 Å². The molecule has 0 amide bonds. The summed E-state index contributed by atoms with van der Waals surface area (Å²) in [5, 5.41) is 0. The quantitative estimate of drug-likeness (QED) is 0.886. The number of nitrogens with two attached hydrogens (primary N) is 1. The summed E-state index contributed by atoms with van der Waals surface area (Å²) in [4.78, 5) is 0. The fourth-order valence-corrected chi connectivity index (χ4v) is 1.57. The summed E-state index contributed by atoms with van der Waals surface area (Å²) in [5.41, 5.74) is 6.46. The van der Waals surface area contributed by atoms with E-state index in [9.17, 15) is 4.39 Å². The van der Waals surface area contributed by atoms with Gasteiger partial charge in [0.05, 0.1) is 7.11 Å². The lowest BCUT2D eigenvalue weighted by Gasteiger charge is -2.15. The summed E-state index contributed by atoms with van der Waals surface area (Å²) < 4.78 is 18.5. The highest BCUT2D eigenvalue weighted by Gasteiger charge is 2.13. The molecule has 2 nitrogen and oxygen atoms in total. The first-order valence-corrected chi connectivity index (χ1v) is 5.13. The lowest BCUT2D eigenvalue weighted by molar-refractivity contribution is 0.410. The van der Waals surface area contributed by atoms with E-state index in [1.54, 1.807) is 19.2 Å². The highest BCUT2D eigenvalue weighted by molar-refractivity contribution is 5.85. The molecule has 1 aromatic rings. The van der Waals surface area contributed by atoms with Gasteiger partial charge in [-0.1, -0.05) is 13.8 Å². The topological polar surface area (TPSA) is 35.2 Å². The minimum atomic E-state index is -0.264. The third-order valence-corrected chi connectivity index (χ3v) is 2.33. The van der Waals surface area contributed by atoms with Gasteiger partial charge < -0.3 is 10.5 Å². The van der Waals surface area contributed by atoms with Crippen LogP contribution in [0.3, 0.4) is 0 Å². The van der Waals surface area contributed by atoms with E-state index in [-0.39, 0.29) is 24.3 Å². The molecule has 92 valence electrons. The molecule has 0 bridgehead atoms. The van der Waals surface area contributed by atoms with E-state index in [0.29, 0.717) is 17.2 Å². The van der Waals surface area contributed by atoms with Crippen LogP contribution in [0.5, 0.6) is 5.75 Å². The molecule has 0 saturated heterocycles. The molecule has 4 heteroatoms. The molecule has 0 radical (unpaired) electrons. The average molecular weight is 248 g/mol. The Morgan fingerprint density at radius 1 is 1.38 bits per heavy atom. The number of hydrogen-bond acceptors (Lipinski definition) is 2. The van der Waals surface area contributed by atoms with Gasteiger partial charge in [-0.25, -0.2) is 4.39 Å². The second-order valence-electron chi connectivity index (χ2n) is 4.12. The maximum Gasteiger partial charge on any atom is 0.128 e. The van der Waals surface area contributed by atoms with Crippen molar-refractivity contribution in [3.63, 3.8) is 0 Å². The SMILES string of the molecule is COc1ccc(F)c([C@@H](N)CC(C)C)c1.Cl.